The Morgan fingerprint density at radius 2 is 1.87 bits per heavy atom. The second kappa shape index (κ2) is 10.2. The van der Waals surface area contributed by atoms with Gasteiger partial charge in [-0.15, -0.1) is 0 Å². The summed E-state index contributed by atoms with van der Waals surface area (Å²) in [6.07, 6.45) is -0.445. The molecule has 1 saturated heterocycles. The summed E-state index contributed by atoms with van der Waals surface area (Å²) in [6.45, 7) is 5.27. The third kappa shape index (κ3) is 6.00. The van der Waals surface area contributed by atoms with Gasteiger partial charge in [-0.2, -0.15) is 13.2 Å². The molecule has 3 rings (SSSR count). The summed E-state index contributed by atoms with van der Waals surface area (Å²) >= 11 is 0. The van der Waals surface area contributed by atoms with E-state index >= 15 is 0 Å². The topological polar surface area (TPSA) is 63.6 Å². The number of carbonyl (C=O) groups excluding carboxylic acids is 1. The number of hydrogen-bond donors (Lipinski definition) is 1. The predicted molar refractivity (Wildman–Crippen MR) is 112 cm³/mol. The van der Waals surface area contributed by atoms with Gasteiger partial charge in [0.25, 0.3) is 11.5 Å². The van der Waals surface area contributed by atoms with Crippen molar-refractivity contribution in [3.8, 4) is 5.75 Å². The zero-order valence-electron chi connectivity index (χ0n) is 17.6. The third-order valence-corrected chi connectivity index (χ3v) is 5.41. The van der Waals surface area contributed by atoms with Crippen LogP contribution in [-0.2, 0) is 17.5 Å². The first-order valence-corrected chi connectivity index (χ1v) is 10.7. The summed E-state index contributed by atoms with van der Waals surface area (Å²) in [5.41, 5.74) is -1.54. The van der Waals surface area contributed by atoms with Crippen LogP contribution in [0.1, 0.15) is 38.2 Å². The molecule has 0 radical (unpaired) electrons. The summed E-state index contributed by atoms with van der Waals surface area (Å²) in [7, 11) is 0. The molecule has 170 valence electrons. The van der Waals surface area contributed by atoms with Gasteiger partial charge in [-0.25, -0.2) is 0 Å². The molecule has 0 spiro atoms. The minimum atomic E-state index is -4.64. The second-order valence-electron chi connectivity index (χ2n) is 7.77. The number of carbonyl (C=O) groups is 1. The van der Waals surface area contributed by atoms with E-state index in [0.29, 0.717) is 19.0 Å². The van der Waals surface area contributed by atoms with Crippen LogP contribution in [0, 0.1) is 0 Å². The van der Waals surface area contributed by atoms with Crippen LogP contribution in [0.3, 0.4) is 0 Å². The average Bonchev–Trinajstić information content (AvgIpc) is 2.74. The highest BCUT2D eigenvalue weighted by Gasteiger charge is 2.34. The van der Waals surface area contributed by atoms with Gasteiger partial charge < -0.3 is 19.5 Å². The average molecular weight is 439 g/mol. The highest BCUT2D eigenvalue weighted by Crippen LogP contribution is 2.35. The van der Waals surface area contributed by atoms with E-state index < -0.39 is 17.3 Å². The minimum absolute atomic E-state index is 0.0705. The van der Waals surface area contributed by atoms with Crippen LogP contribution >= 0.6 is 0 Å². The third-order valence-electron chi connectivity index (χ3n) is 5.41. The van der Waals surface area contributed by atoms with Gasteiger partial charge >= 0.3 is 6.18 Å². The molecule has 0 saturated carbocycles. The molecule has 1 N–H and O–H groups in total. The quantitative estimate of drug-likeness (QED) is 0.685. The van der Waals surface area contributed by atoms with E-state index in [9.17, 15) is 22.8 Å². The Kier molecular flexibility index (Phi) is 7.59. The van der Waals surface area contributed by atoms with E-state index in [4.69, 9.17) is 4.74 Å². The maximum atomic E-state index is 13.4. The van der Waals surface area contributed by atoms with Gasteiger partial charge in [0, 0.05) is 37.2 Å². The van der Waals surface area contributed by atoms with Crippen molar-refractivity contribution in [3.05, 3.63) is 40.2 Å². The molecule has 0 unspecified atom stereocenters. The number of hydrogen-bond acceptors (Lipinski definition) is 4. The number of amides is 1. The second-order valence-corrected chi connectivity index (χ2v) is 7.77. The van der Waals surface area contributed by atoms with E-state index in [-0.39, 0.29) is 35.7 Å². The number of likely N-dealkylation sites (tertiary alicyclic amines) is 1. The Morgan fingerprint density at radius 1 is 1.13 bits per heavy atom. The highest BCUT2D eigenvalue weighted by molar-refractivity contribution is 5.84. The predicted octanol–water partition coefficient (Wildman–Crippen LogP) is 3.41. The van der Waals surface area contributed by atoms with Gasteiger partial charge in [-0.05, 0) is 44.5 Å². The maximum absolute atomic E-state index is 13.4. The van der Waals surface area contributed by atoms with Gasteiger partial charge in [0.2, 0.25) is 0 Å². The Labute approximate surface area is 179 Å². The molecule has 1 amide bonds. The summed E-state index contributed by atoms with van der Waals surface area (Å²) in [5, 5.41) is 2.73. The largest absolute Gasteiger partial charge is 0.484 e. The van der Waals surface area contributed by atoms with Crippen LogP contribution in [0.2, 0.25) is 0 Å². The van der Waals surface area contributed by atoms with E-state index in [1.165, 1.54) is 42.0 Å². The lowest BCUT2D eigenvalue weighted by molar-refractivity contribution is -0.136. The number of nitrogens with zero attached hydrogens (tertiary/aromatic N) is 2. The number of aryl methyl sites for hydroxylation is 1. The molecule has 1 aromatic heterocycles. The van der Waals surface area contributed by atoms with Crippen molar-refractivity contribution in [2.45, 2.75) is 45.3 Å². The minimum Gasteiger partial charge on any atom is -0.484 e. The molecule has 1 aliphatic rings. The molecule has 2 heterocycles. The normalized spacial score (nSPS) is 15.2. The standard InChI is InChI=1S/C22H28F3N3O3/c1-2-9-28-19-13-16(6-7-17(19)18(14-21(28)30)22(23,24)25)31-15-20(29)26-8-12-27-10-4-3-5-11-27/h6-7,13-14H,2-5,8-12,15H2,1H3,(H,26,29). The van der Waals surface area contributed by atoms with Crippen molar-refractivity contribution in [2.24, 2.45) is 0 Å². The molecule has 0 aliphatic carbocycles. The number of rotatable bonds is 8. The number of aromatic nitrogens is 1. The molecule has 2 aromatic rings. The fourth-order valence-corrected chi connectivity index (χ4v) is 3.88. The first kappa shape index (κ1) is 23.1. The molecular formula is C22H28F3N3O3. The first-order valence-electron chi connectivity index (χ1n) is 10.7. The van der Waals surface area contributed by atoms with Crippen LogP contribution in [0.15, 0.2) is 29.1 Å². The number of ether oxygens (including phenoxy) is 1. The number of benzene rings is 1. The van der Waals surface area contributed by atoms with E-state index in [2.05, 4.69) is 10.2 Å². The van der Waals surface area contributed by atoms with Crippen molar-refractivity contribution < 1.29 is 22.7 Å². The number of fused-ring (bicyclic) bond motifs is 1. The molecule has 6 nitrogen and oxygen atoms in total. The number of halogens is 3. The van der Waals surface area contributed by atoms with Gasteiger partial charge in [0.1, 0.15) is 5.75 Å². The lowest BCUT2D eigenvalue weighted by atomic mass is 10.1. The zero-order valence-corrected chi connectivity index (χ0v) is 17.6. The summed E-state index contributed by atoms with van der Waals surface area (Å²) < 4.78 is 47.0. The number of pyridine rings is 1. The Morgan fingerprint density at radius 3 is 2.55 bits per heavy atom. The van der Waals surface area contributed by atoms with Crippen LogP contribution in [0.5, 0.6) is 5.75 Å². The summed E-state index contributed by atoms with van der Waals surface area (Å²) in [5.74, 6) is -0.0608. The van der Waals surface area contributed by atoms with Gasteiger partial charge in [0.05, 0.1) is 11.1 Å². The first-order chi connectivity index (χ1) is 14.8. The monoisotopic (exact) mass is 439 g/mol. The SMILES string of the molecule is CCCn1c(=O)cc(C(F)(F)F)c2ccc(OCC(=O)NCCN3CCCCC3)cc21. The molecule has 0 atom stereocenters. The number of piperidine rings is 1. The van der Waals surface area contributed by atoms with Crippen molar-refractivity contribution >= 4 is 16.8 Å². The van der Waals surface area contributed by atoms with Crippen LogP contribution in [0.25, 0.3) is 10.9 Å². The Hall–Kier alpha value is -2.55. The van der Waals surface area contributed by atoms with E-state index in [1.807, 2.05) is 6.92 Å². The smallest absolute Gasteiger partial charge is 0.417 e. The van der Waals surface area contributed by atoms with Crippen molar-refractivity contribution in [3.63, 3.8) is 0 Å². The molecule has 1 fully saturated rings. The molecular weight excluding hydrogens is 411 g/mol. The van der Waals surface area contributed by atoms with Crippen molar-refractivity contribution in [1.29, 1.82) is 0 Å². The van der Waals surface area contributed by atoms with Crippen LogP contribution < -0.4 is 15.6 Å². The van der Waals surface area contributed by atoms with Crippen molar-refractivity contribution in [1.82, 2.24) is 14.8 Å². The maximum Gasteiger partial charge on any atom is 0.417 e. The fourth-order valence-electron chi connectivity index (χ4n) is 3.88. The molecule has 31 heavy (non-hydrogen) atoms. The van der Waals surface area contributed by atoms with E-state index in [1.54, 1.807) is 0 Å². The molecule has 1 aliphatic heterocycles. The van der Waals surface area contributed by atoms with Crippen LogP contribution in [-0.4, -0.2) is 48.2 Å². The highest BCUT2D eigenvalue weighted by atomic mass is 19.4. The Balaban J connectivity index is 1.69. The molecule has 0 bridgehead atoms. The van der Waals surface area contributed by atoms with Gasteiger partial charge in [-0.3, -0.25) is 9.59 Å². The number of nitrogens with one attached hydrogen (secondary N) is 1. The fraction of sp³-hybridized carbons (Fsp3) is 0.545. The summed E-state index contributed by atoms with van der Waals surface area (Å²) in [4.78, 5) is 26.6. The lowest BCUT2D eigenvalue weighted by Crippen LogP contribution is -2.39. The van der Waals surface area contributed by atoms with Crippen molar-refractivity contribution in [2.75, 3.05) is 32.8 Å². The Bertz CT molecular complexity index is 966. The molecule has 1 aromatic carbocycles. The number of alkyl halides is 3. The van der Waals surface area contributed by atoms with Gasteiger partial charge in [0.15, 0.2) is 6.61 Å². The zero-order chi connectivity index (χ0) is 22.4. The van der Waals surface area contributed by atoms with Gasteiger partial charge in [-0.1, -0.05) is 13.3 Å². The lowest BCUT2D eigenvalue weighted by Gasteiger charge is -2.26. The summed E-state index contributed by atoms with van der Waals surface area (Å²) in [6, 6.07) is 4.70. The van der Waals surface area contributed by atoms with E-state index in [0.717, 1.165) is 19.6 Å². The van der Waals surface area contributed by atoms with Crippen LogP contribution in [0.4, 0.5) is 13.2 Å². The molecule has 9 heteroatoms.